The Morgan fingerprint density at radius 1 is 1.33 bits per heavy atom. The molecule has 3 heteroatoms. The van der Waals surface area contributed by atoms with Crippen molar-refractivity contribution in [2.45, 2.75) is 32.1 Å². The lowest BCUT2D eigenvalue weighted by Crippen LogP contribution is -2.50. The van der Waals surface area contributed by atoms with E-state index in [9.17, 15) is 0 Å². The Kier molecular flexibility index (Phi) is 4.81. The van der Waals surface area contributed by atoms with E-state index in [0.29, 0.717) is 5.92 Å². The first-order chi connectivity index (χ1) is 10.3. The second kappa shape index (κ2) is 6.80. The van der Waals surface area contributed by atoms with Gasteiger partial charge in [-0.2, -0.15) is 0 Å². The van der Waals surface area contributed by atoms with Gasteiger partial charge in [0.2, 0.25) is 0 Å². The monoisotopic (exact) mass is 288 g/mol. The van der Waals surface area contributed by atoms with Gasteiger partial charge in [0, 0.05) is 12.5 Å². The molecular formula is C18H28N2O. The minimum atomic E-state index is 0.475. The first-order valence-electron chi connectivity index (χ1n) is 8.47. The van der Waals surface area contributed by atoms with Crippen LogP contribution in [0.15, 0.2) is 24.3 Å². The van der Waals surface area contributed by atoms with Crippen molar-refractivity contribution in [1.29, 1.82) is 0 Å². The first-order valence-corrected chi connectivity index (χ1v) is 8.47. The van der Waals surface area contributed by atoms with Crippen LogP contribution < -0.4 is 10.5 Å². The molecule has 1 aromatic carbocycles. The molecule has 2 N–H and O–H groups in total. The van der Waals surface area contributed by atoms with Crippen LogP contribution in [0.1, 0.15) is 37.7 Å². The van der Waals surface area contributed by atoms with Gasteiger partial charge in [-0.15, -0.1) is 0 Å². The van der Waals surface area contributed by atoms with Crippen molar-refractivity contribution < 1.29 is 4.74 Å². The topological polar surface area (TPSA) is 38.5 Å². The maximum Gasteiger partial charge on any atom is 0.119 e. The van der Waals surface area contributed by atoms with E-state index in [1.807, 2.05) is 0 Å². The molecule has 0 spiro atoms. The summed E-state index contributed by atoms with van der Waals surface area (Å²) in [6.45, 7) is 7.48. The van der Waals surface area contributed by atoms with E-state index in [1.54, 1.807) is 0 Å². The molecular weight excluding hydrogens is 260 g/mol. The number of hydrogen-bond acceptors (Lipinski definition) is 3. The summed E-state index contributed by atoms with van der Waals surface area (Å²) in [5, 5.41) is 0. The summed E-state index contributed by atoms with van der Waals surface area (Å²) in [6.07, 6.45) is 3.75. The van der Waals surface area contributed by atoms with Crippen molar-refractivity contribution >= 4 is 0 Å². The summed E-state index contributed by atoms with van der Waals surface area (Å²) >= 11 is 0. The van der Waals surface area contributed by atoms with E-state index < -0.39 is 0 Å². The van der Waals surface area contributed by atoms with Crippen LogP contribution in [0.2, 0.25) is 0 Å². The molecule has 116 valence electrons. The van der Waals surface area contributed by atoms with E-state index in [4.69, 9.17) is 10.5 Å². The zero-order valence-electron chi connectivity index (χ0n) is 13.1. The third kappa shape index (κ3) is 3.24. The highest BCUT2D eigenvalue weighted by Gasteiger charge is 2.38. The lowest BCUT2D eigenvalue weighted by molar-refractivity contribution is 0.0378. The molecule has 3 aliphatic rings. The number of ether oxygens (including phenoxy) is 1. The van der Waals surface area contributed by atoms with Crippen molar-refractivity contribution in [2.24, 2.45) is 17.6 Å². The molecule has 3 heterocycles. The second-order valence-corrected chi connectivity index (χ2v) is 6.57. The molecule has 0 radical (unpaired) electrons. The van der Waals surface area contributed by atoms with Gasteiger partial charge in [0.25, 0.3) is 0 Å². The van der Waals surface area contributed by atoms with Gasteiger partial charge in [0.05, 0.1) is 6.61 Å². The SMILES string of the molecule is CCCOc1cccc(C(CN)C2CN3CCC2CC3)c1. The van der Waals surface area contributed by atoms with E-state index in [2.05, 4.69) is 36.1 Å². The second-order valence-electron chi connectivity index (χ2n) is 6.57. The molecule has 3 fully saturated rings. The zero-order valence-corrected chi connectivity index (χ0v) is 13.1. The van der Waals surface area contributed by atoms with Crippen LogP contribution in [0, 0.1) is 11.8 Å². The summed E-state index contributed by atoms with van der Waals surface area (Å²) in [7, 11) is 0. The fourth-order valence-corrected chi connectivity index (χ4v) is 4.08. The predicted octanol–water partition coefficient (Wildman–Crippen LogP) is 2.86. The normalized spacial score (nSPS) is 29.3. The van der Waals surface area contributed by atoms with Gasteiger partial charge in [-0.25, -0.2) is 0 Å². The molecule has 3 saturated heterocycles. The third-order valence-electron chi connectivity index (χ3n) is 5.24. The number of nitrogens with two attached hydrogens (primary N) is 1. The van der Waals surface area contributed by atoms with Crippen molar-refractivity contribution in [1.82, 2.24) is 4.90 Å². The number of hydrogen-bond donors (Lipinski definition) is 1. The predicted molar refractivity (Wildman–Crippen MR) is 86.7 cm³/mol. The van der Waals surface area contributed by atoms with Gasteiger partial charge < -0.3 is 15.4 Å². The third-order valence-corrected chi connectivity index (χ3v) is 5.24. The van der Waals surface area contributed by atoms with Crippen molar-refractivity contribution in [3.8, 4) is 5.75 Å². The van der Waals surface area contributed by atoms with Gasteiger partial charge in [-0.1, -0.05) is 19.1 Å². The minimum Gasteiger partial charge on any atom is -0.494 e. The lowest BCUT2D eigenvalue weighted by atomic mass is 9.70. The molecule has 0 aliphatic carbocycles. The molecule has 2 bridgehead atoms. The number of rotatable bonds is 6. The van der Waals surface area contributed by atoms with Crippen LogP contribution in [0.5, 0.6) is 5.75 Å². The van der Waals surface area contributed by atoms with Crippen LogP contribution in [-0.4, -0.2) is 37.7 Å². The van der Waals surface area contributed by atoms with Crippen LogP contribution in [0.25, 0.3) is 0 Å². The molecule has 1 aromatic rings. The van der Waals surface area contributed by atoms with Crippen molar-refractivity contribution in [3.63, 3.8) is 0 Å². The number of piperidine rings is 3. The maximum absolute atomic E-state index is 6.16. The van der Waals surface area contributed by atoms with Crippen LogP contribution in [0.4, 0.5) is 0 Å². The molecule has 0 saturated carbocycles. The summed E-state index contributed by atoms with van der Waals surface area (Å²) in [5.74, 6) is 3.06. The van der Waals surface area contributed by atoms with Gasteiger partial charge in [0.1, 0.15) is 5.75 Å². The standard InChI is InChI=1S/C18H28N2O/c1-2-10-21-16-5-3-4-15(11-16)17(12-19)18-13-20-8-6-14(18)7-9-20/h3-5,11,14,17-18H,2,6-10,12-13,19H2,1H3. The molecule has 2 atom stereocenters. The fourth-order valence-electron chi connectivity index (χ4n) is 4.08. The Morgan fingerprint density at radius 3 is 2.76 bits per heavy atom. The summed E-state index contributed by atoms with van der Waals surface area (Å²) in [6, 6.07) is 8.62. The highest BCUT2D eigenvalue weighted by atomic mass is 16.5. The minimum absolute atomic E-state index is 0.475. The molecule has 3 aliphatic heterocycles. The lowest BCUT2D eigenvalue weighted by Gasteiger charge is -2.47. The van der Waals surface area contributed by atoms with Crippen LogP contribution in [0.3, 0.4) is 0 Å². The molecule has 3 nitrogen and oxygen atoms in total. The Morgan fingerprint density at radius 2 is 2.14 bits per heavy atom. The van der Waals surface area contributed by atoms with E-state index in [0.717, 1.165) is 37.2 Å². The fraction of sp³-hybridized carbons (Fsp3) is 0.667. The van der Waals surface area contributed by atoms with E-state index in [-0.39, 0.29) is 0 Å². The molecule has 21 heavy (non-hydrogen) atoms. The maximum atomic E-state index is 6.16. The number of fused-ring (bicyclic) bond motifs is 3. The quantitative estimate of drug-likeness (QED) is 0.875. The smallest absolute Gasteiger partial charge is 0.119 e. The highest BCUT2D eigenvalue weighted by molar-refractivity contribution is 5.32. The zero-order chi connectivity index (χ0) is 14.7. The molecule has 0 amide bonds. The van der Waals surface area contributed by atoms with Gasteiger partial charge in [0.15, 0.2) is 0 Å². The van der Waals surface area contributed by atoms with Gasteiger partial charge in [-0.3, -0.25) is 0 Å². The Balaban J connectivity index is 1.76. The average molecular weight is 288 g/mol. The van der Waals surface area contributed by atoms with Gasteiger partial charge in [-0.05, 0) is 68.4 Å². The highest BCUT2D eigenvalue weighted by Crippen LogP contribution is 2.40. The summed E-state index contributed by atoms with van der Waals surface area (Å²) in [5.41, 5.74) is 7.52. The Labute approximate surface area is 128 Å². The van der Waals surface area contributed by atoms with Crippen LogP contribution in [-0.2, 0) is 0 Å². The summed E-state index contributed by atoms with van der Waals surface area (Å²) < 4.78 is 5.79. The molecule has 4 rings (SSSR count). The summed E-state index contributed by atoms with van der Waals surface area (Å²) in [4.78, 5) is 2.62. The molecule has 2 unspecified atom stereocenters. The number of benzene rings is 1. The van der Waals surface area contributed by atoms with Crippen molar-refractivity contribution in [3.05, 3.63) is 29.8 Å². The van der Waals surface area contributed by atoms with E-state index >= 15 is 0 Å². The first kappa shape index (κ1) is 14.9. The Hall–Kier alpha value is -1.06. The van der Waals surface area contributed by atoms with Crippen LogP contribution >= 0.6 is 0 Å². The largest absolute Gasteiger partial charge is 0.494 e. The number of nitrogens with zero attached hydrogens (tertiary/aromatic N) is 1. The van der Waals surface area contributed by atoms with Crippen molar-refractivity contribution in [2.75, 3.05) is 32.8 Å². The molecule has 0 aromatic heterocycles. The Bertz CT molecular complexity index is 454. The van der Waals surface area contributed by atoms with Gasteiger partial charge >= 0.3 is 0 Å². The van der Waals surface area contributed by atoms with E-state index in [1.165, 1.54) is 38.0 Å². The average Bonchev–Trinajstić information content (AvgIpc) is 2.55.